The van der Waals surface area contributed by atoms with Crippen LogP contribution in [0.5, 0.6) is 5.75 Å². The van der Waals surface area contributed by atoms with Crippen LogP contribution in [0, 0.1) is 12.8 Å². The van der Waals surface area contributed by atoms with E-state index in [4.69, 9.17) is 5.11 Å². The SMILES string of the molecule is Cc1cc(C(=O)NCCCC(C)C(=O)O)ccc1O. The van der Waals surface area contributed by atoms with Crippen molar-refractivity contribution in [3.05, 3.63) is 29.3 Å². The van der Waals surface area contributed by atoms with Crippen LogP contribution in [0.15, 0.2) is 18.2 Å². The monoisotopic (exact) mass is 265 g/mol. The van der Waals surface area contributed by atoms with E-state index in [9.17, 15) is 14.7 Å². The summed E-state index contributed by atoms with van der Waals surface area (Å²) in [6, 6.07) is 4.65. The van der Waals surface area contributed by atoms with Crippen LogP contribution >= 0.6 is 0 Å². The van der Waals surface area contributed by atoms with Gasteiger partial charge in [-0.1, -0.05) is 6.92 Å². The van der Waals surface area contributed by atoms with Gasteiger partial charge in [-0.2, -0.15) is 0 Å². The number of phenolic OH excluding ortho intramolecular Hbond substituents is 1. The first-order valence-electron chi connectivity index (χ1n) is 6.22. The molecule has 104 valence electrons. The maximum atomic E-state index is 11.8. The van der Waals surface area contributed by atoms with E-state index in [0.29, 0.717) is 30.5 Å². The molecular formula is C14H19NO4. The summed E-state index contributed by atoms with van der Waals surface area (Å²) in [4.78, 5) is 22.4. The number of hydrogen-bond acceptors (Lipinski definition) is 3. The number of carboxylic acid groups (broad SMARTS) is 1. The predicted octanol–water partition coefficient (Wildman–Crippen LogP) is 1.93. The zero-order chi connectivity index (χ0) is 14.4. The summed E-state index contributed by atoms with van der Waals surface area (Å²) in [5.74, 6) is -1.27. The number of aryl methyl sites for hydroxylation is 1. The molecule has 1 amide bonds. The van der Waals surface area contributed by atoms with Crippen LogP contribution in [-0.4, -0.2) is 28.6 Å². The molecule has 1 aromatic rings. The van der Waals surface area contributed by atoms with E-state index in [-0.39, 0.29) is 11.7 Å². The highest BCUT2D eigenvalue weighted by atomic mass is 16.4. The minimum absolute atomic E-state index is 0.159. The standard InChI is InChI=1S/C14H19NO4/c1-9(14(18)19)4-3-7-15-13(17)11-5-6-12(16)10(2)8-11/h5-6,8-9,16H,3-4,7H2,1-2H3,(H,15,17)(H,18,19). The van der Waals surface area contributed by atoms with Gasteiger partial charge in [-0.05, 0) is 43.5 Å². The Balaban J connectivity index is 2.39. The maximum absolute atomic E-state index is 11.8. The summed E-state index contributed by atoms with van der Waals surface area (Å²) in [5, 5.41) is 20.8. The predicted molar refractivity (Wildman–Crippen MR) is 71.2 cm³/mol. The molecule has 0 aliphatic carbocycles. The fraction of sp³-hybridized carbons (Fsp3) is 0.429. The van der Waals surface area contributed by atoms with E-state index in [1.807, 2.05) is 0 Å². The third-order valence-electron chi connectivity index (χ3n) is 2.98. The summed E-state index contributed by atoms with van der Waals surface area (Å²) in [7, 11) is 0. The van der Waals surface area contributed by atoms with Gasteiger partial charge in [0.25, 0.3) is 5.91 Å². The van der Waals surface area contributed by atoms with Gasteiger partial charge in [-0.25, -0.2) is 0 Å². The van der Waals surface area contributed by atoms with Crippen molar-refractivity contribution in [3.63, 3.8) is 0 Å². The number of hydrogen-bond donors (Lipinski definition) is 3. The van der Waals surface area contributed by atoms with E-state index < -0.39 is 11.9 Å². The lowest BCUT2D eigenvalue weighted by Crippen LogP contribution is -2.25. The molecule has 0 fully saturated rings. The first kappa shape index (κ1) is 15.0. The Morgan fingerprint density at radius 2 is 2.05 bits per heavy atom. The third kappa shape index (κ3) is 4.62. The normalized spacial score (nSPS) is 11.9. The second-order valence-corrected chi connectivity index (χ2v) is 4.64. The zero-order valence-corrected chi connectivity index (χ0v) is 11.1. The summed E-state index contributed by atoms with van der Waals surface area (Å²) < 4.78 is 0. The molecule has 1 aromatic carbocycles. The number of carboxylic acids is 1. The fourth-order valence-corrected chi connectivity index (χ4v) is 1.63. The van der Waals surface area contributed by atoms with Gasteiger partial charge >= 0.3 is 5.97 Å². The molecule has 0 bridgehead atoms. The topological polar surface area (TPSA) is 86.6 Å². The second kappa shape index (κ2) is 6.78. The molecule has 0 saturated carbocycles. The molecule has 0 aromatic heterocycles. The van der Waals surface area contributed by atoms with Crippen LogP contribution in [0.4, 0.5) is 0 Å². The fourth-order valence-electron chi connectivity index (χ4n) is 1.63. The molecule has 0 radical (unpaired) electrons. The second-order valence-electron chi connectivity index (χ2n) is 4.64. The number of nitrogens with one attached hydrogen (secondary N) is 1. The molecule has 19 heavy (non-hydrogen) atoms. The average Bonchev–Trinajstić information content (AvgIpc) is 2.37. The molecule has 0 aliphatic heterocycles. The minimum Gasteiger partial charge on any atom is -0.508 e. The van der Waals surface area contributed by atoms with Gasteiger partial charge in [0.1, 0.15) is 5.75 Å². The Kier molecular flexibility index (Phi) is 5.36. The van der Waals surface area contributed by atoms with Gasteiger partial charge in [0.2, 0.25) is 0 Å². The summed E-state index contributed by atoms with van der Waals surface area (Å²) in [5.41, 5.74) is 1.13. The van der Waals surface area contributed by atoms with E-state index in [1.54, 1.807) is 26.0 Å². The van der Waals surface area contributed by atoms with Crippen LogP contribution in [0.1, 0.15) is 35.7 Å². The number of carbonyl (C=O) groups is 2. The molecule has 0 aliphatic rings. The first-order valence-corrected chi connectivity index (χ1v) is 6.22. The van der Waals surface area contributed by atoms with Crippen molar-refractivity contribution in [1.29, 1.82) is 0 Å². The largest absolute Gasteiger partial charge is 0.508 e. The summed E-state index contributed by atoms with van der Waals surface area (Å²) >= 11 is 0. The van der Waals surface area contributed by atoms with Crippen LogP contribution < -0.4 is 5.32 Å². The molecule has 1 rings (SSSR count). The van der Waals surface area contributed by atoms with Crippen molar-refractivity contribution in [1.82, 2.24) is 5.32 Å². The van der Waals surface area contributed by atoms with Crippen molar-refractivity contribution in [2.24, 2.45) is 5.92 Å². The quantitative estimate of drug-likeness (QED) is 0.686. The Labute approximate surface area is 112 Å². The van der Waals surface area contributed by atoms with Gasteiger partial charge in [-0.3, -0.25) is 9.59 Å². The Morgan fingerprint density at radius 3 is 2.63 bits per heavy atom. The molecule has 0 heterocycles. The lowest BCUT2D eigenvalue weighted by Gasteiger charge is -2.08. The van der Waals surface area contributed by atoms with Crippen molar-refractivity contribution in [2.75, 3.05) is 6.54 Å². The van der Waals surface area contributed by atoms with E-state index in [2.05, 4.69) is 5.32 Å². The van der Waals surface area contributed by atoms with E-state index in [0.717, 1.165) is 0 Å². The van der Waals surface area contributed by atoms with Gasteiger partial charge in [0.05, 0.1) is 5.92 Å². The van der Waals surface area contributed by atoms with Gasteiger partial charge in [0, 0.05) is 12.1 Å². The number of benzene rings is 1. The van der Waals surface area contributed by atoms with Gasteiger partial charge in [0.15, 0.2) is 0 Å². The molecule has 1 unspecified atom stereocenters. The van der Waals surface area contributed by atoms with E-state index in [1.165, 1.54) is 6.07 Å². The van der Waals surface area contributed by atoms with Crippen molar-refractivity contribution >= 4 is 11.9 Å². The first-order chi connectivity index (χ1) is 8.91. The Bertz CT molecular complexity index is 471. The summed E-state index contributed by atoms with van der Waals surface area (Å²) in [6.45, 7) is 3.81. The van der Waals surface area contributed by atoms with Crippen LogP contribution in [0.2, 0.25) is 0 Å². The lowest BCUT2D eigenvalue weighted by atomic mass is 10.1. The molecule has 3 N–H and O–H groups in total. The Morgan fingerprint density at radius 1 is 1.37 bits per heavy atom. The molecule has 5 nitrogen and oxygen atoms in total. The number of carbonyl (C=O) groups excluding carboxylic acids is 1. The molecular weight excluding hydrogens is 246 g/mol. The highest BCUT2D eigenvalue weighted by molar-refractivity contribution is 5.94. The Hall–Kier alpha value is -2.04. The molecule has 1 atom stereocenters. The molecule has 5 heteroatoms. The van der Waals surface area contributed by atoms with Gasteiger partial charge in [-0.15, -0.1) is 0 Å². The average molecular weight is 265 g/mol. The molecule has 0 saturated heterocycles. The zero-order valence-electron chi connectivity index (χ0n) is 11.1. The number of aromatic hydroxyl groups is 1. The maximum Gasteiger partial charge on any atom is 0.306 e. The lowest BCUT2D eigenvalue weighted by molar-refractivity contribution is -0.141. The minimum atomic E-state index is -0.819. The highest BCUT2D eigenvalue weighted by Crippen LogP contribution is 2.16. The van der Waals surface area contributed by atoms with Crippen LogP contribution in [-0.2, 0) is 4.79 Å². The molecule has 0 spiro atoms. The van der Waals surface area contributed by atoms with Crippen molar-refractivity contribution in [2.45, 2.75) is 26.7 Å². The van der Waals surface area contributed by atoms with E-state index >= 15 is 0 Å². The number of aliphatic carboxylic acids is 1. The number of phenols is 1. The number of amides is 1. The summed E-state index contributed by atoms with van der Waals surface area (Å²) in [6.07, 6.45) is 1.15. The van der Waals surface area contributed by atoms with Crippen molar-refractivity contribution < 1.29 is 19.8 Å². The van der Waals surface area contributed by atoms with Crippen LogP contribution in [0.3, 0.4) is 0 Å². The van der Waals surface area contributed by atoms with Crippen LogP contribution in [0.25, 0.3) is 0 Å². The highest BCUT2D eigenvalue weighted by Gasteiger charge is 2.11. The smallest absolute Gasteiger partial charge is 0.306 e. The number of rotatable bonds is 6. The van der Waals surface area contributed by atoms with Crippen molar-refractivity contribution in [3.8, 4) is 5.75 Å². The van der Waals surface area contributed by atoms with Gasteiger partial charge < -0.3 is 15.5 Å². The third-order valence-corrected chi connectivity index (χ3v) is 2.98.